The molecule has 0 unspecified atom stereocenters. The van der Waals surface area contributed by atoms with Gasteiger partial charge in [0, 0.05) is 13.1 Å². The van der Waals surface area contributed by atoms with Crippen LogP contribution in [0.1, 0.15) is 45.0 Å². The van der Waals surface area contributed by atoms with Gasteiger partial charge in [0.05, 0.1) is 27.3 Å². The summed E-state index contributed by atoms with van der Waals surface area (Å²) in [6.07, 6.45) is 0. The van der Waals surface area contributed by atoms with Gasteiger partial charge in [-0.2, -0.15) is 4.31 Å². The van der Waals surface area contributed by atoms with E-state index in [2.05, 4.69) is 10.3 Å². The van der Waals surface area contributed by atoms with E-state index >= 15 is 0 Å². The quantitative estimate of drug-likeness (QED) is 0.252. The molecule has 37 heavy (non-hydrogen) atoms. The molecule has 0 spiro atoms. The number of benzene rings is 3. The Labute approximate surface area is 222 Å². The molecule has 0 aliphatic heterocycles. The second-order valence-electron chi connectivity index (χ2n) is 9.81. The van der Waals surface area contributed by atoms with Gasteiger partial charge in [0.25, 0.3) is 5.91 Å². The van der Waals surface area contributed by atoms with E-state index in [0.29, 0.717) is 46.4 Å². The molecule has 0 saturated carbocycles. The smallest absolute Gasteiger partial charge is 0.261 e. The number of thiazole rings is 1. The Hall–Kier alpha value is -3.01. The molecule has 1 heterocycles. The lowest BCUT2D eigenvalue weighted by molar-refractivity contribution is 0.102. The topological polar surface area (TPSA) is 88.6 Å². The standard InChI is InChI=1S/C28H33N3O4S2/c1-6-35-24-14-11-20-9-7-8-10-22(20)26(24)27(32)30-28-29-23-13-12-21(15-25(23)36-28)37(33,34)31(16-18(2)3)17-19(4)5/h7-15,18-19H,6,16-17H2,1-5H3,(H,29,30,32). The number of hydrogen-bond donors (Lipinski definition) is 1. The van der Waals surface area contributed by atoms with Crippen molar-refractivity contribution < 1.29 is 17.9 Å². The number of ether oxygens (including phenoxy) is 1. The number of amides is 1. The molecule has 0 aliphatic carbocycles. The van der Waals surface area contributed by atoms with Crippen molar-refractivity contribution in [2.45, 2.75) is 39.5 Å². The molecule has 1 amide bonds. The number of sulfonamides is 1. The highest BCUT2D eigenvalue weighted by molar-refractivity contribution is 7.89. The summed E-state index contributed by atoms with van der Waals surface area (Å²) in [7, 11) is -3.67. The van der Waals surface area contributed by atoms with Crippen molar-refractivity contribution >= 4 is 53.4 Å². The molecule has 3 aromatic carbocycles. The molecule has 9 heteroatoms. The molecule has 7 nitrogen and oxygen atoms in total. The number of nitrogens with zero attached hydrogens (tertiary/aromatic N) is 2. The predicted molar refractivity (Wildman–Crippen MR) is 151 cm³/mol. The minimum atomic E-state index is -3.67. The van der Waals surface area contributed by atoms with Crippen LogP contribution in [0, 0.1) is 11.8 Å². The number of carbonyl (C=O) groups excluding carboxylic acids is 1. The van der Waals surface area contributed by atoms with Gasteiger partial charge in [-0.3, -0.25) is 10.1 Å². The fraction of sp³-hybridized carbons (Fsp3) is 0.357. The van der Waals surface area contributed by atoms with E-state index in [1.807, 2.05) is 65.0 Å². The van der Waals surface area contributed by atoms with Crippen LogP contribution in [0.15, 0.2) is 59.5 Å². The third-order valence-corrected chi connectivity index (χ3v) is 8.53. The van der Waals surface area contributed by atoms with Gasteiger partial charge < -0.3 is 4.74 Å². The SMILES string of the molecule is CCOc1ccc2ccccc2c1C(=O)Nc1nc2ccc(S(=O)(=O)N(CC(C)C)CC(C)C)cc2s1. The van der Waals surface area contributed by atoms with Crippen molar-refractivity contribution in [3.05, 3.63) is 60.2 Å². The number of aromatic nitrogens is 1. The van der Waals surface area contributed by atoms with Gasteiger partial charge in [-0.25, -0.2) is 13.4 Å². The van der Waals surface area contributed by atoms with Crippen LogP contribution >= 0.6 is 11.3 Å². The van der Waals surface area contributed by atoms with Crippen LogP contribution in [0.3, 0.4) is 0 Å². The van der Waals surface area contributed by atoms with E-state index in [0.717, 1.165) is 10.8 Å². The first-order valence-corrected chi connectivity index (χ1v) is 14.7. The van der Waals surface area contributed by atoms with Crippen molar-refractivity contribution in [3.63, 3.8) is 0 Å². The molecule has 0 atom stereocenters. The Balaban J connectivity index is 1.66. The molecule has 0 radical (unpaired) electrons. The Bertz CT molecular complexity index is 1520. The summed E-state index contributed by atoms with van der Waals surface area (Å²) in [4.78, 5) is 18.2. The minimum absolute atomic E-state index is 0.207. The molecule has 0 saturated heterocycles. The summed E-state index contributed by atoms with van der Waals surface area (Å²) in [5.74, 6) is 0.590. The zero-order valence-corrected chi connectivity index (χ0v) is 23.4. The fourth-order valence-corrected chi connectivity index (χ4v) is 7.04. The number of carbonyl (C=O) groups is 1. The van der Waals surface area contributed by atoms with Crippen LogP contribution < -0.4 is 10.1 Å². The average molecular weight is 540 g/mol. The molecular weight excluding hydrogens is 506 g/mol. The summed E-state index contributed by atoms with van der Waals surface area (Å²) in [6, 6.07) is 16.3. The van der Waals surface area contributed by atoms with Crippen LogP contribution in [0.5, 0.6) is 5.75 Å². The molecular formula is C28H33N3O4S2. The third kappa shape index (κ3) is 5.95. The lowest BCUT2D eigenvalue weighted by Crippen LogP contribution is -2.37. The van der Waals surface area contributed by atoms with Crippen molar-refractivity contribution in [1.29, 1.82) is 0 Å². The fourth-order valence-electron chi connectivity index (χ4n) is 4.27. The molecule has 196 valence electrons. The maximum Gasteiger partial charge on any atom is 0.261 e. The number of rotatable bonds is 10. The van der Waals surface area contributed by atoms with Gasteiger partial charge in [0.1, 0.15) is 5.75 Å². The normalized spacial score (nSPS) is 12.2. The zero-order valence-electron chi connectivity index (χ0n) is 21.8. The number of hydrogen-bond acceptors (Lipinski definition) is 6. The van der Waals surface area contributed by atoms with Crippen LogP contribution in [0.25, 0.3) is 21.0 Å². The van der Waals surface area contributed by atoms with Crippen molar-refractivity contribution in [2.75, 3.05) is 25.0 Å². The largest absolute Gasteiger partial charge is 0.493 e. The van der Waals surface area contributed by atoms with E-state index in [-0.39, 0.29) is 22.6 Å². The summed E-state index contributed by atoms with van der Waals surface area (Å²) < 4.78 is 34.9. The summed E-state index contributed by atoms with van der Waals surface area (Å²) in [5.41, 5.74) is 1.07. The molecule has 0 aliphatic rings. The van der Waals surface area contributed by atoms with Gasteiger partial charge >= 0.3 is 0 Å². The lowest BCUT2D eigenvalue weighted by atomic mass is 10.0. The van der Waals surface area contributed by atoms with Crippen molar-refractivity contribution in [3.8, 4) is 5.75 Å². The van der Waals surface area contributed by atoms with Crippen LogP contribution in [0.4, 0.5) is 5.13 Å². The highest BCUT2D eigenvalue weighted by Crippen LogP contribution is 2.32. The van der Waals surface area contributed by atoms with Crippen molar-refractivity contribution in [1.82, 2.24) is 9.29 Å². The molecule has 1 aromatic heterocycles. The first-order valence-electron chi connectivity index (χ1n) is 12.5. The summed E-state index contributed by atoms with van der Waals surface area (Å²) in [5, 5.41) is 5.02. The average Bonchev–Trinajstić information content (AvgIpc) is 3.24. The first-order chi connectivity index (χ1) is 17.6. The van der Waals surface area contributed by atoms with E-state index in [4.69, 9.17) is 4.74 Å². The molecule has 0 bridgehead atoms. The van der Waals surface area contributed by atoms with Crippen LogP contribution in [-0.2, 0) is 10.0 Å². The Morgan fingerprint density at radius 2 is 1.73 bits per heavy atom. The van der Waals surface area contributed by atoms with Gasteiger partial charge in [0.2, 0.25) is 10.0 Å². The molecule has 1 N–H and O–H groups in total. The Kier molecular flexibility index (Phi) is 8.16. The monoisotopic (exact) mass is 539 g/mol. The second-order valence-corrected chi connectivity index (χ2v) is 12.8. The predicted octanol–water partition coefficient (Wildman–Crippen LogP) is 6.40. The van der Waals surface area contributed by atoms with Gasteiger partial charge in [-0.05, 0) is 53.8 Å². The molecule has 4 aromatic rings. The Morgan fingerprint density at radius 3 is 2.41 bits per heavy atom. The summed E-state index contributed by atoms with van der Waals surface area (Å²) in [6.45, 7) is 11.3. The van der Waals surface area contributed by atoms with E-state index in [1.54, 1.807) is 28.6 Å². The van der Waals surface area contributed by atoms with E-state index < -0.39 is 10.0 Å². The summed E-state index contributed by atoms with van der Waals surface area (Å²) >= 11 is 1.25. The van der Waals surface area contributed by atoms with Gasteiger partial charge in [0.15, 0.2) is 5.13 Å². The number of anilines is 1. The highest BCUT2D eigenvalue weighted by Gasteiger charge is 2.27. The van der Waals surface area contributed by atoms with E-state index in [9.17, 15) is 13.2 Å². The van der Waals surface area contributed by atoms with Crippen molar-refractivity contribution in [2.24, 2.45) is 11.8 Å². The van der Waals surface area contributed by atoms with Gasteiger partial charge in [-0.15, -0.1) is 0 Å². The van der Waals surface area contributed by atoms with Crippen LogP contribution in [-0.4, -0.2) is 43.3 Å². The lowest BCUT2D eigenvalue weighted by Gasteiger charge is -2.25. The zero-order chi connectivity index (χ0) is 26.7. The molecule has 4 rings (SSSR count). The highest BCUT2D eigenvalue weighted by atomic mass is 32.2. The first kappa shape index (κ1) is 27.0. The number of fused-ring (bicyclic) bond motifs is 2. The van der Waals surface area contributed by atoms with E-state index in [1.165, 1.54) is 11.3 Å². The maximum atomic E-state index is 13.5. The second kappa shape index (κ2) is 11.2. The third-order valence-electron chi connectivity index (χ3n) is 5.77. The van der Waals surface area contributed by atoms with Crippen LogP contribution in [0.2, 0.25) is 0 Å². The van der Waals surface area contributed by atoms with Gasteiger partial charge in [-0.1, -0.05) is 69.4 Å². The Morgan fingerprint density at radius 1 is 1.03 bits per heavy atom. The molecule has 0 fully saturated rings. The minimum Gasteiger partial charge on any atom is -0.493 e. The number of nitrogens with one attached hydrogen (secondary N) is 1. The maximum absolute atomic E-state index is 13.5.